The van der Waals surface area contributed by atoms with Gasteiger partial charge in [0.15, 0.2) is 0 Å². The van der Waals surface area contributed by atoms with Gasteiger partial charge in [-0.15, -0.1) is 0 Å². The van der Waals surface area contributed by atoms with E-state index in [0.29, 0.717) is 11.1 Å². The molecule has 0 unspecified atom stereocenters. The molecular weight excluding hydrogens is 189 g/mol. The van der Waals surface area contributed by atoms with E-state index in [9.17, 15) is 4.39 Å². The first-order valence-electron chi connectivity index (χ1n) is 5.59. The molecule has 0 atom stereocenters. The number of halogens is 1. The van der Waals surface area contributed by atoms with Crippen LogP contribution in [0.5, 0.6) is 0 Å². The van der Waals surface area contributed by atoms with Gasteiger partial charge in [0.05, 0.1) is 0 Å². The van der Waals surface area contributed by atoms with E-state index in [1.54, 1.807) is 13.0 Å². The standard InChI is InChI=1S/C13H18FN/c1-10-4-5-11(8-12(10)14)9-15-13(2)6-3-7-13/h4-5,8,15H,3,6-7,9H2,1-2H3. The maximum atomic E-state index is 13.3. The van der Waals surface area contributed by atoms with Gasteiger partial charge >= 0.3 is 0 Å². The highest BCUT2D eigenvalue weighted by Gasteiger charge is 2.30. The quantitative estimate of drug-likeness (QED) is 0.802. The van der Waals surface area contributed by atoms with Crippen LogP contribution in [0.2, 0.25) is 0 Å². The van der Waals surface area contributed by atoms with E-state index in [2.05, 4.69) is 12.2 Å². The van der Waals surface area contributed by atoms with Gasteiger partial charge in [0.2, 0.25) is 0 Å². The van der Waals surface area contributed by atoms with Crippen molar-refractivity contribution in [2.75, 3.05) is 0 Å². The van der Waals surface area contributed by atoms with Crippen LogP contribution in [0.25, 0.3) is 0 Å². The SMILES string of the molecule is Cc1ccc(CNC2(C)CCC2)cc1F. The van der Waals surface area contributed by atoms with Gasteiger partial charge in [0.1, 0.15) is 5.82 Å². The fraction of sp³-hybridized carbons (Fsp3) is 0.538. The van der Waals surface area contributed by atoms with Crippen LogP contribution < -0.4 is 5.32 Å². The van der Waals surface area contributed by atoms with Crippen LogP contribution in [0, 0.1) is 12.7 Å². The summed E-state index contributed by atoms with van der Waals surface area (Å²) in [7, 11) is 0. The summed E-state index contributed by atoms with van der Waals surface area (Å²) in [6.45, 7) is 4.80. The van der Waals surface area contributed by atoms with Gasteiger partial charge in [-0.1, -0.05) is 12.1 Å². The molecule has 2 heteroatoms. The van der Waals surface area contributed by atoms with Crippen molar-refractivity contribution in [3.63, 3.8) is 0 Å². The fourth-order valence-corrected chi connectivity index (χ4v) is 1.95. The lowest BCUT2D eigenvalue weighted by atomic mass is 9.78. The predicted molar refractivity (Wildman–Crippen MR) is 60.2 cm³/mol. The second-order valence-corrected chi connectivity index (χ2v) is 4.85. The van der Waals surface area contributed by atoms with Crippen molar-refractivity contribution in [3.8, 4) is 0 Å². The van der Waals surface area contributed by atoms with Crippen molar-refractivity contribution in [2.45, 2.75) is 45.2 Å². The lowest BCUT2D eigenvalue weighted by Crippen LogP contribution is -2.47. The largest absolute Gasteiger partial charge is 0.307 e. The highest BCUT2D eigenvalue weighted by Crippen LogP contribution is 2.31. The van der Waals surface area contributed by atoms with Crippen LogP contribution in [0.1, 0.15) is 37.3 Å². The lowest BCUT2D eigenvalue weighted by Gasteiger charge is -2.39. The molecular formula is C13H18FN. The maximum Gasteiger partial charge on any atom is 0.126 e. The third-order valence-electron chi connectivity index (χ3n) is 3.41. The predicted octanol–water partition coefficient (Wildman–Crippen LogP) is 3.17. The van der Waals surface area contributed by atoms with Crippen molar-refractivity contribution in [2.24, 2.45) is 0 Å². The fourth-order valence-electron chi connectivity index (χ4n) is 1.95. The monoisotopic (exact) mass is 207 g/mol. The van der Waals surface area contributed by atoms with Crippen LogP contribution in [0.4, 0.5) is 4.39 Å². The van der Waals surface area contributed by atoms with Crippen molar-refractivity contribution >= 4 is 0 Å². The van der Waals surface area contributed by atoms with Crippen molar-refractivity contribution in [3.05, 3.63) is 35.1 Å². The third-order valence-corrected chi connectivity index (χ3v) is 3.41. The van der Waals surface area contributed by atoms with Crippen LogP contribution in [0.3, 0.4) is 0 Å². The van der Waals surface area contributed by atoms with Crippen molar-refractivity contribution in [1.82, 2.24) is 5.32 Å². The summed E-state index contributed by atoms with van der Waals surface area (Å²) in [4.78, 5) is 0. The van der Waals surface area contributed by atoms with E-state index in [4.69, 9.17) is 0 Å². The number of aryl methyl sites for hydroxylation is 1. The van der Waals surface area contributed by atoms with Gasteiger partial charge in [-0.2, -0.15) is 0 Å². The number of benzene rings is 1. The number of hydrogen-bond donors (Lipinski definition) is 1. The summed E-state index contributed by atoms with van der Waals surface area (Å²) in [5.41, 5.74) is 2.04. The van der Waals surface area contributed by atoms with Gasteiger partial charge in [-0.25, -0.2) is 4.39 Å². The Morgan fingerprint density at radius 1 is 1.40 bits per heavy atom. The molecule has 2 rings (SSSR count). The average molecular weight is 207 g/mol. The van der Waals surface area contributed by atoms with Gasteiger partial charge in [-0.3, -0.25) is 0 Å². The molecule has 0 aliphatic heterocycles. The zero-order valence-corrected chi connectivity index (χ0v) is 9.44. The summed E-state index contributed by atoms with van der Waals surface area (Å²) in [5.74, 6) is -0.104. The normalized spacial score (nSPS) is 18.6. The molecule has 1 fully saturated rings. The minimum Gasteiger partial charge on any atom is -0.307 e. The first-order valence-corrected chi connectivity index (χ1v) is 5.59. The molecule has 1 aliphatic rings. The first kappa shape index (κ1) is 10.6. The van der Waals surface area contributed by atoms with Crippen molar-refractivity contribution in [1.29, 1.82) is 0 Å². The van der Waals surface area contributed by atoms with Gasteiger partial charge < -0.3 is 5.32 Å². The second-order valence-electron chi connectivity index (χ2n) is 4.85. The maximum absolute atomic E-state index is 13.3. The Bertz CT molecular complexity index is 356. The van der Waals surface area contributed by atoms with E-state index < -0.39 is 0 Å². The summed E-state index contributed by atoms with van der Waals surface area (Å²) in [5, 5.41) is 3.49. The first-order chi connectivity index (χ1) is 7.09. The molecule has 15 heavy (non-hydrogen) atoms. The summed E-state index contributed by atoms with van der Waals surface area (Å²) in [6.07, 6.45) is 3.79. The molecule has 0 amide bonds. The van der Waals surface area contributed by atoms with Crippen LogP contribution in [0.15, 0.2) is 18.2 Å². The number of hydrogen-bond acceptors (Lipinski definition) is 1. The van der Waals surface area contributed by atoms with Gasteiger partial charge in [0.25, 0.3) is 0 Å². The highest BCUT2D eigenvalue weighted by molar-refractivity contribution is 5.23. The average Bonchev–Trinajstić information content (AvgIpc) is 2.17. The molecule has 0 radical (unpaired) electrons. The summed E-state index contributed by atoms with van der Waals surface area (Å²) < 4.78 is 13.3. The lowest BCUT2D eigenvalue weighted by molar-refractivity contribution is 0.206. The number of nitrogens with one attached hydrogen (secondary N) is 1. The minimum atomic E-state index is -0.104. The Hall–Kier alpha value is -0.890. The van der Waals surface area contributed by atoms with E-state index in [0.717, 1.165) is 12.1 Å². The Kier molecular flexibility index (Phi) is 2.79. The minimum absolute atomic E-state index is 0.104. The molecule has 0 spiro atoms. The third kappa shape index (κ3) is 2.37. The van der Waals surface area contributed by atoms with E-state index in [-0.39, 0.29) is 5.82 Å². The summed E-state index contributed by atoms with van der Waals surface area (Å²) in [6, 6.07) is 5.47. The molecule has 1 aromatic rings. The van der Waals surface area contributed by atoms with Crippen LogP contribution in [-0.4, -0.2) is 5.54 Å². The smallest absolute Gasteiger partial charge is 0.126 e. The van der Waals surface area contributed by atoms with Crippen molar-refractivity contribution < 1.29 is 4.39 Å². The summed E-state index contributed by atoms with van der Waals surface area (Å²) >= 11 is 0. The molecule has 0 bridgehead atoms. The Balaban J connectivity index is 1.96. The van der Waals surface area contributed by atoms with E-state index >= 15 is 0 Å². The molecule has 1 aliphatic carbocycles. The topological polar surface area (TPSA) is 12.0 Å². The molecule has 1 saturated carbocycles. The zero-order chi connectivity index (χ0) is 10.9. The highest BCUT2D eigenvalue weighted by atomic mass is 19.1. The molecule has 0 aromatic heterocycles. The van der Waals surface area contributed by atoms with Gasteiger partial charge in [-0.05, 0) is 50.3 Å². The molecule has 0 heterocycles. The molecule has 1 N–H and O–H groups in total. The van der Waals surface area contributed by atoms with Crippen LogP contribution in [-0.2, 0) is 6.54 Å². The Labute approximate surface area is 90.7 Å². The van der Waals surface area contributed by atoms with Gasteiger partial charge in [0, 0.05) is 12.1 Å². The van der Waals surface area contributed by atoms with E-state index in [1.807, 2.05) is 12.1 Å². The molecule has 0 saturated heterocycles. The van der Waals surface area contributed by atoms with Crippen LogP contribution >= 0.6 is 0 Å². The molecule has 82 valence electrons. The number of rotatable bonds is 3. The Morgan fingerprint density at radius 2 is 2.13 bits per heavy atom. The molecule has 1 nitrogen and oxygen atoms in total. The molecule has 1 aromatic carbocycles. The zero-order valence-electron chi connectivity index (χ0n) is 9.44. The Morgan fingerprint density at radius 3 is 2.67 bits per heavy atom. The second kappa shape index (κ2) is 3.93. The van der Waals surface area contributed by atoms with E-state index in [1.165, 1.54) is 19.3 Å².